The predicted octanol–water partition coefficient (Wildman–Crippen LogP) is 4.66. The molecule has 4 heteroatoms. The Balaban J connectivity index is 2.05. The van der Waals surface area contributed by atoms with Crippen molar-refractivity contribution in [2.45, 2.75) is 77.4 Å². The van der Waals surface area contributed by atoms with E-state index in [-0.39, 0.29) is 23.4 Å². The number of hydrogen-bond acceptors (Lipinski definition) is 3. The fourth-order valence-electron chi connectivity index (χ4n) is 5.33. The molecule has 4 atom stereocenters. The zero-order chi connectivity index (χ0) is 17.8. The summed E-state index contributed by atoms with van der Waals surface area (Å²) in [4.78, 5) is 23.4. The highest BCUT2D eigenvalue weighted by atomic mass is 17.2. The van der Waals surface area contributed by atoms with Gasteiger partial charge in [-0.1, -0.05) is 32.9 Å². The van der Waals surface area contributed by atoms with Crippen LogP contribution >= 0.6 is 0 Å². The molecule has 1 saturated carbocycles. The van der Waals surface area contributed by atoms with Crippen LogP contribution in [0, 0.1) is 17.3 Å². The minimum atomic E-state index is -0.756. The minimum absolute atomic E-state index is 0.147. The molecular weight excluding hydrogens is 304 g/mol. The van der Waals surface area contributed by atoms with Crippen molar-refractivity contribution in [1.29, 1.82) is 0 Å². The quantitative estimate of drug-likeness (QED) is 0.587. The average Bonchev–Trinajstić information content (AvgIpc) is 2.53. The average molecular weight is 334 g/mol. The lowest BCUT2D eigenvalue weighted by atomic mass is 9.49. The van der Waals surface area contributed by atoms with Gasteiger partial charge in [0.2, 0.25) is 0 Å². The Morgan fingerprint density at radius 2 is 2.12 bits per heavy atom. The molecule has 2 bridgehead atoms. The van der Waals surface area contributed by atoms with Crippen molar-refractivity contribution in [2.75, 3.05) is 0 Å². The monoisotopic (exact) mass is 334 g/mol. The maximum atomic E-state index is 11.3. The summed E-state index contributed by atoms with van der Waals surface area (Å²) < 4.78 is 0. The number of rotatable bonds is 5. The van der Waals surface area contributed by atoms with Gasteiger partial charge in [-0.15, -0.1) is 0 Å². The molecule has 0 aromatic heterocycles. The van der Waals surface area contributed by atoms with Crippen molar-refractivity contribution in [3.63, 3.8) is 0 Å². The molecule has 4 aliphatic rings. The Bertz CT molecular complexity index is 580. The van der Waals surface area contributed by atoms with Crippen LogP contribution in [0.4, 0.5) is 0 Å². The summed E-state index contributed by atoms with van der Waals surface area (Å²) in [5, 5.41) is 9.25. The molecule has 4 nitrogen and oxygen atoms in total. The topological polar surface area (TPSA) is 55.8 Å². The van der Waals surface area contributed by atoms with E-state index in [4.69, 9.17) is 9.78 Å². The summed E-state index contributed by atoms with van der Waals surface area (Å²) in [7, 11) is 0. The molecule has 2 aliphatic heterocycles. The zero-order valence-corrected chi connectivity index (χ0v) is 15.4. The highest BCUT2D eigenvalue weighted by Gasteiger charge is 2.65. The van der Waals surface area contributed by atoms with E-state index >= 15 is 0 Å². The van der Waals surface area contributed by atoms with Gasteiger partial charge in [0, 0.05) is 11.8 Å². The van der Waals surface area contributed by atoms with Gasteiger partial charge in [-0.05, 0) is 62.5 Å². The summed E-state index contributed by atoms with van der Waals surface area (Å²) in [5.74, 6) is -0.150. The fourth-order valence-corrected chi connectivity index (χ4v) is 5.33. The van der Waals surface area contributed by atoms with Crippen molar-refractivity contribution in [3.05, 3.63) is 23.8 Å². The van der Waals surface area contributed by atoms with Gasteiger partial charge in [0.25, 0.3) is 0 Å². The first kappa shape index (κ1) is 17.7. The van der Waals surface area contributed by atoms with Gasteiger partial charge >= 0.3 is 5.97 Å². The summed E-state index contributed by atoms with van der Waals surface area (Å²) in [6, 6.07) is 0. The number of aliphatic carboxylic acids is 1. The number of carboxylic acids is 1. The van der Waals surface area contributed by atoms with Crippen LogP contribution in [-0.2, 0) is 14.6 Å². The molecule has 134 valence electrons. The van der Waals surface area contributed by atoms with Crippen LogP contribution in [0.5, 0.6) is 0 Å². The second kappa shape index (κ2) is 5.70. The fraction of sp³-hybridized carbons (Fsp3) is 0.750. The van der Waals surface area contributed by atoms with Gasteiger partial charge in [0.1, 0.15) is 11.2 Å². The van der Waals surface area contributed by atoms with E-state index in [0.717, 1.165) is 31.3 Å². The Hall–Kier alpha value is -1.13. The number of carbonyl (C=O) groups is 1. The highest BCUT2D eigenvalue weighted by Crippen LogP contribution is 2.64. The lowest BCUT2D eigenvalue weighted by Gasteiger charge is -2.63. The number of fused-ring (bicyclic) bond motifs is 2. The van der Waals surface area contributed by atoms with E-state index in [0.29, 0.717) is 12.3 Å². The Labute approximate surface area is 144 Å². The van der Waals surface area contributed by atoms with Crippen molar-refractivity contribution in [2.24, 2.45) is 17.3 Å². The second-order valence-corrected chi connectivity index (χ2v) is 8.52. The summed E-state index contributed by atoms with van der Waals surface area (Å²) in [6.07, 6.45) is 6.85. The van der Waals surface area contributed by atoms with Crippen LogP contribution in [0.2, 0.25) is 0 Å². The van der Waals surface area contributed by atoms with Gasteiger partial charge in [-0.25, -0.2) is 9.78 Å². The molecule has 2 heterocycles. The van der Waals surface area contributed by atoms with Crippen LogP contribution in [0.25, 0.3) is 0 Å². The van der Waals surface area contributed by atoms with E-state index in [2.05, 4.69) is 40.3 Å². The summed E-state index contributed by atoms with van der Waals surface area (Å²) >= 11 is 0. The highest BCUT2D eigenvalue weighted by molar-refractivity contribution is 5.66. The van der Waals surface area contributed by atoms with Crippen LogP contribution in [-0.4, -0.2) is 22.3 Å². The minimum Gasteiger partial charge on any atom is -0.481 e. The SMILES string of the molecule is C=C(C)[C@@H]1CCC2=C[C@]3(C(C)C)CC[C@]2(OO3)[C@@]1(C)CCC(=O)O. The molecule has 1 spiro atoms. The largest absolute Gasteiger partial charge is 0.481 e. The first-order valence-corrected chi connectivity index (χ1v) is 9.13. The first-order valence-electron chi connectivity index (χ1n) is 9.13. The molecule has 1 N–H and O–H groups in total. The van der Waals surface area contributed by atoms with E-state index in [1.807, 2.05) is 0 Å². The van der Waals surface area contributed by atoms with E-state index in [1.54, 1.807) is 0 Å². The third-order valence-electron chi connectivity index (χ3n) is 6.97. The maximum Gasteiger partial charge on any atom is 0.303 e. The van der Waals surface area contributed by atoms with Crippen molar-refractivity contribution in [1.82, 2.24) is 0 Å². The molecule has 0 radical (unpaired) electrons. The number of allylic oxidation sites excluding steroid dienone is 1. The number of hydrogen-bond donors (Lipinski definition) is 1. The van der Waals surface area contributed by atoms with Crippen molar-refractivity contribution in [3.8, 4) is 0 Å². The molecule has 2 aliphatic carbocycles. The standard InChI is InChI=1S/C20H30O4/c1-13(2)16-7-6-15-12-19(14(3)4)10-11-20(15,24-23-19)18(16,5)9-8-17(21)22/h12,14,16H,1,6-11H2,2-5H3,(H,21,22)/t16-,18-,19-,20+/m0/s1. The molecule has 2 fully saturated rings. The van der Waals surface area contributed by atoms with Gasteiger partial charge < -0.3 is 5.11 Å². The van der Waals surface area contributed by atoms with E-state index in [1.165, 1.54) is 5.57 Å². The Morgan fingerprint density at radius 1 is 1.42 bits per heavy atom. The zero-order valence-electron chi connectivity index (χ0n) is 15.4. The summed E-state index contributed by atoms with van der Waals surface area (Å²) in [6.45, 7) is 12.8. The lowest BCUT2D eigenvalue weighted by Crippen LogP contribution is -2.65. The third kappa shape index (κ3) is 2.30. The lowest BCUT2D eigenvalue weighted by molar-refractivity contribution is -0.461. The number of carboxylic acid groups (broad SMARTS) is 1. The van der Waals surface area contributed by atoms with Crippen molar-refractivity contribution >= 4 is 5.97 Å². The maximum absolute atomic E-state index is 11.3. The van der Waals surface area contributed by atoms with Crippen LogP contribution < -0.4 is 0 Å². The van der Waals surface area contributed by atoms with Gasteiger partial charge in [0.15, 0.2) is 0 Å². The predicted molar refractivity (Wildman–Crippen MR) is 92.3 cm³/mol. The van der Waals surface area contributed by atoms with Gasteiger partial charge in [-0.3, -0.25) is 4.79 Å². The van der Waals surface area contributed by atoms with Crippen molar-refractivity contribution < 1.29 is 19.7 Å². The molecule has 1 saturated heterocycles. The first-order chi connectivity index (χ1) is 11.2. The Morgan fingerprint density at radius 3 is 2.62 bits per heavy atom. The molecule has 0 amide bonds. The Kier molecular flexibility index (Phi) is 4.20. The van der Waals surface area contributed by atoms with Crippen LogP contribution in [0.15, 0.2) is 23.8 Å². The third-order valence-corrected chi connectivity index (χ3v) is 6.97. The molecular formula is C20H30O4. The van der Waals surface area contributed by atoms with Crippen LogP contribution in [0.3, 0.4) is 0 Å². The second-order valence-electron chi connectivity index (χ2n) is 8.52. The van der Waals surface area contributed by atoms with Gasteiger partial charge in [0.05, 0.1) is 0 Å². The normalized spacial score (nSPS) is 41.0. The van der Waals surface area contributed by atoms with E-state index < -0.39 is 11.6 Å². The van der Waals surface area contributed by atoms with Crippen LogP contribution in [0.1, 0.15) is 66.2 Å². The molecule has 0 aromatic carbocycles. The van der Waals surface area contributed by atoms with E-state index in [9.17, 15) is 9.90 Å². The molecule has 4 rings (SSSR count). The smallest absolute Gasteiger partial charge is 0.303 e. The molecule has 0 aromatic rings. The molecule has 0 unspecified atom stereocenters. The van der Waals surface area contributed by atoms with Gasteiger partial charge in [-0.2, -0.15) is 0 Å². The summed E-state index contributed by atoms with van der Waals surface area (Å²) in [5.41, 5.74) is 1.32. The molecule has 24 heavy (non-hydrogen) atoms.